The maximum Gasteiger partial charge on any atom is 0.252 e. The number of amides is 2. The molecule has 4 rings (SSSR count). The summed E-state index contributed by atoms with van der Waals surface area (Å²) in [6, 6.07) is 15.4. The van der Waals surface area contributed by atoms with Gasteiger partial charge in [0.15, 0.2) is 0 Å². The van der Waals surface area contributed by atoms with Crippen LogP contribution in [0.5, 0.6) is 0 Å². The van der Waals surface area contributed by atoms with Crippen LogP contribution in [0.4, 0.5) is 0 Å². The van der Waals surface area contributed by atoms with E-state index in [9.17, 15) is 19.8 Å². The van der Waals surface area contributed by atoms with E-state index in [1.165, 1.54) is 0 Å². The number of nitrogens with one attached hydrogen (secondary N) is 2. The van der Waals surface area contributed by atoms with Gasteiger partial charge in [-0.3, -0.25) is 14.6 Å². The Kier molecular flexibility index (Phi) is 7.67. The Hall–Kier alpha value is -3.55. The van der Waals surface area contributed by atoms with Gasteiger partial charge in [0.25, 0.3) is 11.8 Å². The van der Waals surface area contributed by atoms with Crippen LogP contribution in [0, 0.1) is 0 Å². The third-order valence-corrected chi connectivity index (χ3v) is 6.26. The van der Waals surface area contributed by atoms with Crippen LogP contribution in [-0.2, 0) is 6.61 Å². The summed E-state index contributed by atoms with van der Waals surface area (Å²) in [5, 5.41) is 25.7. The summed E-state index contributed by atoms with van der Waals surface area (Å²) in [5.74, 6) is -0.559. The van der Waals surface area contributed by atoms with Crippen molar-refractivity contribution in [3.05, 3.63) is 89.2 Å². The van der Waals surface area contributed by atoms with Gasteiger partial charge >= 0.3 is 0 Å². The van der Waals surface area contributed by atoms with Crippen LogP contribution in [0.3, 0.4) is 0 Å². The molecule has 1 aliphatic rings. The summed E-state index contributed by atoms with van der Waals surface area (Å²) >= 11 is 0. The second-order valence-corrected chi connectivity index (χ2v) is 8.55. The van der Waals surface area contributed by atoms with Crippen LogP contribution in [0.2, 0.25) is 0 Å². The molecule has 0 spiro atoms. The highest BCUT2D eigenvalue weighted by Gasteiger charge is 2.21. The molecule has 3 aromatic rings. The van der Waals surface area contributed by atoms with Crippen LogP contribution in [-0.4, -0.2) is 39.7 Å². The molecule has 1 fully saturated rings. The van der Waals surface area contributed by atoms with E-state index in [4.69, 9.17) is 0 Å². The molecule has 2 amide bonds. The molecular formula is C27H29N3O4. The van der Waals surface area contributed by atoms with Gasteiger partial charge < -0.3 is 20.8 Å². The van der Waals surface area contributed by atoms with E-state index >= 15 is 0 Å². The maximum atomic E-state index is 13.0. The number of carbonyl (C=O) groups is 2. The number of aliphatic hydroxyl groups is 2. The fourth-order valence-electron chi connectivity index (χ4n) is 4.38. The molecular weight excluding hydrogens is 430 g/mol. The SMILES string of the molecule is O=C(NC1CCCC1)c1cccc([C@@H](CO)NC(=O)c2ccc(-c3ccncc3)cc2CO)c1. The summed E-state index contributed by atoms with van der Waals surface area (Å²) in [6.07, 6.45) is 7.61. The molecule has 1 aromatic heterocycles. The molecule has 0 bridgehead atoms. The second kappa shape index (κ2) is 11.0. The first-order valence-electron chi connectivity index (χ1n) is 11.6. The molecule has 7 heteroatoms. The quantitative estimate of drug-likeness (QED) is 0.413. The minimum atomic E-state index is -0.696. The Labute approximate surface area is 198 Å². The number of hydrogen-bond donors (Lipinski definition) is 4. The first-order chi connectivity index (χ1) is 16.6. The number of hydrogen-bond acceptors (Lipinski definition) is 5. The zero-order chi connectivity index (χ0) is 23.9. The van der Waals surface area contributed by atoms with Gasteiger partial charge in [-0.2, -0.15) is 0 Å². The lowest BCUT2D eigenvalue weighted by Gasteiger charge is -2.19. The molecule has 4 N–H and O–H groups in total. The second-order valence-electron chi connectivity index (χ2n) is 8.55. The summed E-state index contributed by atoms with van der Waals surface area (Å²) < 4.78 is 0. The van der Waals surface area contributed by atoms with Crippen LogP contribution >= 0.6 is 0 Å². The van der Waals surface area contributed by atoms with Crippen molar-refractivity contribution in [2.24, 2.45) is 0 Å². The first-order valence-corrected chi connectivity index (χ1v) is 11.6. The van der Waals surface area contributed by atoms with Crippen molar-refractivity contribution in [3.63, 3.8) is 0 Å². The molecule has 0 radical (unpaired) electrons. The minimum absolute atomic E-state index is 0.147. The van der Waals surface area contributed by atoms with Gasteiger partial charge in [-0.15, -0.1) is 0 Å². The standard InChI is InChI=1S/C27H29N3O4/c31-16-22-14-19(18-10-12-28-13-11-18)8-9-24(22)27(34)30-25(17-32)20-4-3-5-21(15-20)26(33)29-23-6-1-2-7-23/h3-5,8-15,23,25,31-32H,1-2,6-7,16-17H2,(H,29,33)(H,30,34)/t25-/m1/s1. The molecule has 0 saturated heterocycles. The lowest BCUT2D eigenvalue weighted by atomic mass is 9.98. The van der Waals surface area contributed by atoms with Crippen LogP contribution in [0.15, 0.2) is 67.0 Å². The molecule has 1 aliphatic carbocycles. The summed E-state index contributed by atoms with van der Waals surface area (Å²) in [7, 11) is 0. The lowest BCUT2D eigenvalue weighted by Crippen LogP contribution is -2.33. The monoisotopic (exact) mass is 459 g/mol. The van der Waals surface area contributed by atoms with Crippen LogP contribution in [0.1, 0.15) is 63.6 Å². The Morgan fingerprint density at radius 1 is 0.941 bits per heavy atom. The highest BCUT2D eigenvalue weighted by molar-refractivity contribution is 5.97. The molecule has 7 nitrogen and oxygen atoms in total. The van der Waals surface area contributed by atoms with Crippen molar-refractivity contribution in [1.29, 1.82) is 0 Å². The van der Waals surface area contributed by atoms with E-state index in [0.717, 1.165) is 36.8 Å². The third kappa shape index (κ3) is 5.50. The Morgan fingerprint density at radius 2 is 1.71 bits per heavy atom. The van der Waals surface area contributed by atoms with Crippen LogP contribution in [0.25, 0.3) is 11.1 Å². The average molecular weight is 460 g/mol. The molecule has 0 aliphatic heterocycles. The van der Waals surface area contributed by atoms with E-state index in [0.29, 0.717) is 22.3 Å². The molecule has 0 unspecified atom stereocenters. The normalized spacial score (nSPS) is 14.5. The van der Waals surface area contributed by atoms with E-state index in [1.54, 1.807) is 48.8 Å². The number of carbonyl (C=O) groups excluding carboxylic acids is 2. The molecule has 2 aromatic carbocycles. The number of rotatable bonds is 8. The largest absolute Gasteiger partial charge is 0.394 e. The van der Waals surface area contributed by atoms with Crippen LogP contribution < -0.4 is 10.6 Å². The smallest absolute Gasteiger partial charge is 0.252 e. The predicted octanol–water partition coefficient (Wildman–Crippen LogP) is 3.38. The molecule has 1 heterocycles. The molecule has 1 atom stereocenters. The van der Waals surface area contributed by atoms with Gasteiger partial charge in [0.2, 0.25) is 0 Å². The van der Waals surface area contributed by atoms with Gasteiger partial charge in [0.1, 0.15) is 0 Å². The number of aromatic nitrogens is 1. The van der Waals surface area contributed by atoms with Gasteiger partial charge in [-0.25, -0.2) is 0 Å². The highest BCUT2D eigenvalue weighted by Crippen LogP contribution is 2.24. The van der Waals surface area contributed by atoms with Crippen molar-refractivity contribution in [1.82, 2.24) is 15.6 Å². The molecule has 1 saturated carbocycles. The number of benzene rings is 2. The van der Waals surface area contributed by atoms with Crippen molar-refractivity contribution < 1.29 is 19.8 Å². The fourth-order valence-corrected chi connectivity index (χ4v) is 4.38. The molecule has 34 heavy (non-hydrogen) atoms. The topological polar surface area (TPSA) is 112 Å². The number of pyridine rings is 1. The summed E-state index contributed by atoms with van der Waals surface area (Å²) in [5.41, 5.74) is 3.73. The third-order valence-electron chi connectivity index (χ3n) is 6.26. The maximum absolute atomic E-state index is 13.0. The van der Waals surface area contributed by atoms with Gasteiger partial charge in [0, 0.05) is 29.6 Å². The zero-order valence-electron chi connectivity index (χ0n) is 18.9. The minimum Gasteiger partial charge on any atom is -0.394 e. The van der Waals surface area contributed by atoms with Gasteiger partial charge in [-0.1, -0.05) is 31.0 Å². The van der Waals surface area contributed by atoms with Gasteiger partial charge in [0.05, 0.1) is 19.3 Å². The predicted molar refractivity (Wildman–Crippen MR) is 129 cm³/mol. The molecule has 176 valence electrons. The highest BCUT2D eigenvalue weighted by atomic mass is 16.3. The zero-order valence-corrected chi connectivity index (χ0v) is 18.9. The summed E-state index contributed by atoms with van der Waals surface area (Å²) in [6.45, 7) is -0.634. The number of aliphatic hydroxyl groups excluding tert-OH is 2. The van der Waals surface area contributed by atoms with Crippen molar-refractivity contribution >= 4 is 11.8 Å². The summed E-state index contributed by atoms with van der Waals surface area (Å²) in [4.78, 5) is 29.7. The van der Waals surface area contributed by atoms with E-state index in [-0.39, 0.29) is 25.2 Å². The lowest BCUT2D eigenvalue weighted by molar-refractivity contribution is 0.0912. The number of nitrogens with zero attached hydrogens (tertiary/aromatic N) is 1. The van der Waals surface area contributed by atoms with E-state index in [2.05, 4.69) is 15.6 Å². The Morgan fingerprint density at radius 3 is 2.41 bits per heavy atom. The van der Waals surface area contributed by atoms with Crippen molar-refractivity contribution in [2.45, 2.75) is 44.4 Å². The van der Waals surface area contributed by atoms with E-state index < -0.39 is 11.9 Å². The Balaban J connectivity index is 1.50. The van der Waals surface area contributed by atoms with Crippen molar-refractivity contribution in [3.8, 4) is 11.1 Å². The average Bonchev–Trinajstić information content (AvgIpc) is 3.40. The van der Waals surface area contributed by atoms with Crippen molar-refractivity contribution in [2.75, 3.05) is 6.61 Å². The fraction of sp³-hybridized carbons (Fsp3) is 0.296. The van der Waals surface area contributed by atoms with E-state index in [1.807, 2.05) is 18.2 Å². The Bertz CT molecular complexity index is 1140. The first kappa shape index (κ1) is 23.6. The van der Waals surface area contributed by atoms with Gasteiger partial charge in [-0.05, 0) is 71.5 Å².